The molecule has 1 aliphatic rings. The fraction of sp³-hybridized carbons (Fsp3) is 1.00. The summed E-state index contributed by atoms with van der Waals surface area (Å²) in [6.07, 6.45) is 4.38. The summed E-state index contributed by atoms with van der Waals surface area (Å²) in [5.74, 6) is 1.74. The van der Waals surface area contributed by atoms with E-state index in [-0.39, 0.29) is 0 Å². The molecule has 0 saturated heterocycles. The predicted molar refractivity (Wildman–Crippen MR) is 71.8 cm³/mol. The summed E-state index contributed by atoms with van der Waals surface area (Å²) in [5.41, 5.74) is 0. The van der Waals surface area contributed by atoms with E-state index in [1.807, 2.05) is 0 Å². The van der Waals surface area contributed by atoms with Crippen molar-refractivity contribution in [3.8, 4) is 0 Å². The fourth-order valence-corrected chi connectivity index (χ4v) is 2.58. The standard InChI is InChI=1S/C14H30N2/c1-5-15-10-14(12(3)4)16(6-2)11-13-8-7-9-13/h12-15H,5-11H2,1-4H3. The normalized spacial score (nSPS) is 19.1. The van der Waals surface area contributed by atoms with Crippen molar-refractivity contribution in [2.45, 2.75) is 53.0 Å². The van der Waals surface area contributed by atoms with Crippen LogP contribution in [-0.4, -0.2) is 37.1 Å². The van der Waals surface area contributed by atoms with Crippen LogP contribution in [0.2, 0.25) is 0 Å². The van der Waals surface area contributed by atoms with Crippen molar-refractivity contribution in [1.82, 2.24) is 10.2 Å². The first kappa shape index (κ1) is 14.0. The van der Waals surface area contributed by atoms with Crippen LogP contribution in [0.1, 0.15) is 47.0 Å². The molecule has 1 saturated carbocycles. The van der Waals surface area contributed by atoms with Gasteiger partial charge in [-0.1, -0.05) is 34.1 Å². The zero-order chi connectivity index (χ0) is 12.0. The number of hydrogen-bond donors (Lipinski definition) is 1. The summed E-state index contributed by atoms with van der Waals surface area (Å²) >= 11 is 0. The highest BCUT2D eigenvalue weighted by molar-refractivity contribution is 4.81. The molecule has 0 aromatic heterocycles. The van der Waals surface area contributed by atoms with Crippen molar-refractivity contribution in [2.24, 2.45) is 11.8 Å². The number of likely N-dealkylation sites (N-methyl/N-ethyl adjacent to an activating group) is 2. The number of nitrogens with zero attached hydrogens (tertiary/aromatic N) is 1. The van der Waals surface area contributed by atoms with Crippen molar-refractivity contribution < 1.29 is 0 Å². The lowest BCUT2D eigenvalue weighted by Crippen LogP contribution is -2.48. The molecule has 0 amide bonds. The maximum Gasteiger partial charge on any atom is 0.0243 e. The zero-order valence-electron chi connectivity index (χ0n) is 11.6. The summed E-state index contributed by atoms with van der Waals surface area (Å²) in [5, 5.41) is 3.51. The second kappa shape index (κ2) is 7.29. The average Bonchev–Trinajstić information content (AvgIpc) is 2.19. The molecule has 16 heavy (non-hydrogen) atoms. The third-order valence-electron chi connectivity index (χ3n) is 3.97. The molecule has 1 aliphatic carbocycles. The highest BCUT2D eigenvalue weighted by Crippen LogP contribution is 2.28. The van der Waals surface area contributed by atoms with Crippen LogP contribution in [0, 0.1) is 11.8 Å². The van der Waals surface area contributed by atoms with Gasteiger partial charge in [0, 0.05) is 19.1 Å². The lowest BCUT2D eigenvalue weighted by molar-refractivity contribution is 0.110. The third-order valence-corrected chi connectivity index (χ3v) is 3.97. The summed E-state index contributed by atoms with van der Waals surface area (Å²) < 4.78 is 0. The minimum Gasteiger partial charge on any atom is -0.315 e. The molecule has 0 spiro atoms. The van der Waals surface area contributed by atoms with Crippen LogP contribution in [-0.2, 0) is 0 Å². The molecule has 0 radical (unpaired) electrons. The number of hydrogen-bond acceptors (Lipinski definition) is 2. The molecular formula is C14H30N2. The smallest absolute Gasteiger partial charge is 0.0243 e. The molecule has 0 heterocycles. The first-order valence-corrected chi connectivity index (χ1v) is 7.13. The van der Waals surface area contributed by atoms with Crippen LogP contribution < -0.4 is 5.32 Å². The van der Waals surface area contributed by atoms with Crippen LogP contribution in [0.4, 0.5) is 0 Å². The Morgan fingerprint density at radius 1 is 1.25 bits per heavy atom. The first-order valence-electron chi connectivity index (χ1n) is 7.13. The van der Waals surface area contributed by atoms with Crippen LogP contribution in [0.25, 0.3) is 0 Å². The highest BCUT2D eigenvalue weighted by Gasteiger charge is 2.25. The van der Waals surface area contributed by atoms with Gasteiger partial charge in [0.2, 0.25) is 0 Å². The van der Waals surface area contributed by atoms with Gasteiger partial charge in [0.25, 0.3) is 0 Å². The van der Waals surface area contributed by atoms with E-state index >= 15 is 0 Å². The van der Waals surface area contributed by atoms with Gasteiger partial charge < -0.3 is 5.32 Å². The van der Waals surface area contributed by atoms with Crippen LogP contribution in [0.15, 0.2) is 0 Å². The van der Waals surface area contributed by atoms with E-state index in [1.54, 1.807) is 0 Å². The van der Waals surface area contributed by atoms with Crippen molar-refractivity contribution in [2.75, 3.05) is 26.2 Å². The molecule has 0 aromatic rings. The van der Waals surface area contributed by atoms with Gasteiger partial charge in [-0.15, -0.1) is 0 Å². The van der Waals surface area contributed by atoms with Crippen LogP contribution in [0.3, 0.4) is 0 Å². The third kappa shape index (κ3) is 4.06. The Kier molecular flexibility index (Phi) is 6.37. The van der Waals surface area contributed by atoms with Crippen molar-refractivity contribution in [1.29, 1.82) is 0 Å². The van der Waals surface area contributed by atoms with Gasteiger partial charge in [-0.2, -0.15) is 0 Å². The van der Waals surface area contributed by atoms with E-state index < -0.39 is 0 Å². The lowest BCUT2D eigenvalue weighted by atomic mass is 9.84. The Balaban J connectivity index is 2.42. The first-order chi connectivity index (χ1) is 7.69. The Labute approximate surface area is 102 Å². The monoisotopic (exact) mass is 226 g/mol. The van der Waals surface area contributed by atoms with Gasteiger partial charge in [-0.25, -0.2) is 0 Å². The molecule has 96 valence electrons. The average molecular weight is 226 g/mol. The molecule has 1 unspecified atom stereocenters. The Morgan fingerprint density at radius 2 is 1.94 bits per heavy atom. The highest BCUT2D eigenvalue weighted by atomic mass is 15.2. The molecular weight excluding hydrogens is 196 g/mol. The maximum absolute atomic E-state index is 3.51. The molecule has 0 bridgehead atoms. The minimum atomic E-state index is 0.713. The van der Waals surface area contributed by atoms with Gasteiger partial charge in [-0.3, -0.25) is 4.90 Å². The zero-order valence-corrected chi connectivity index (χ0v) is 11.6. The topological polar surface area (TPSA) is 15.3 Å². The quantitative estimate of drug-likeness (QED) is 0.684. The van der Waals surface area contributed by atoms with Crippen molar-refractivity contribution >= 4 is 0 Å². The molecule has 1 N–H and O–H groups in total. The Hall–Kier alpha value is -0.0800. The summed E-state index contributed by atoms with van der Waals surface area (Å²) in [6, 6.07) is 0.713. The van der Waals surface area contributed by atoms with Gasteiger partial charge in [0.15, 0.2) is 0 Å². The molecule has 1 atom stereocenters. The second-order valence-corrected chi connectivity index (χ2v) is 5.50. The molecule has 0 aliphatic heterocycles. The number of rotatable bonds is 8. The van der Waals surface area contributed by atoms with Gasteiger partial charge in [-0.05, 0) is 37.8 Å². The van der Waals surface area contributed by atoms with Crippen LogP contribution in [0.5, 0.6) is 0 Å². The van der Waals surface area contributed by atoms with E-state index in [0.29, 0.717) is 6.04 Å². The lowest BCUT2D eigenvalue weighted by Gasteiger charge is -2.38. The van der Waals surface area contributed by atoms with Gasteiger partial charge in [0.05, 0.1) is 0 Å². The molecule has 2 heteroatoms. The van der Waals surface area contributed by atoms with Crippen molar-refractivity contribution in [3.05, 3.63) is 0 Å². The molecule has 2 nitrogen and oxygen atoms in total. The van der Waals surface area contributed by atoms with Crippen molar-refractivity contribution in [3.63, 3.8) is 0 Å². The summed E-state index contributed by atoms with van der Waals surface area (Å²) in [7, 11) is 0. The Morgan fingerprint density at radius 3 is 2.31 bits per heavy atom. The second-order valence-electron chi connectivity index (χ2n) is 5.50. The predicted octanol–water partition coefficient (Wildman–Crippen LogP) is 2.74. The molecule has 1 rings (SSSR count). The summed E-state index contributed by atoms with van der Waals surface area (Å²) in [6.45, 7) is 14.0. The van der Waals surface area contributed by atoms with E-state index in [2.05, 4.69) is 37.9 Å². The molecule has 1 fully saturated rings. The van der Waals surface area contributed by atoms with E-state index in [1.165, 1.54) is 32.4 Å². The summed E-state index contributed by atoms with van der Waals surface area (Å²) in [4.78, 5) is 2.69. The van der Waals surface area contributed by atoms with Crippen LogP contribution >= 0.6 is 0 Å². The maximum atomic E-state index is 3.51. The minimum absolute atomic E-state index is 0.713. The Bertz CT molecular complexity index is 176. The van der Waals surface area contributed by atoms with Gasteiger partial charge >= 0.3 is 0 Å². The van der Waals surface area contributed by atoms with E-state index in [9.17, 15) is 0 Å². The molecule has 0 aromatic carbocycles. The number of nitrogens with one attached hydrogen (secondary N) is 1. The van der Waals surface area contributed by atoms with E-state index in [4.69, 9.17) is 0 Å². The SMILES string of the molecule is CCNCC(C(C)C)N(CC)CC1CCC1. The van der Waals surface area contributed by atoms with Gasteiger partial charge in [0.1, 0.15) is 0 Å². The largest absolute Gasteiger partial charge is 0.315 e. The fourth-order valence-electron chi connectivity index (χ4n) is 2.58. The van der Waals surface area contributed by atoms with E-state index in [0.717, 1.165) is 24.9 Å².